The van der Waals surface area contributed by atoms with Crippen molar-refractivity contribution < 1.29 is 8.42 Å². The lowest BCUT2D eigenvalue weighted by atomic mass is 10.0. The molecule has 2 aromatic rings. The SMILES string of the molecule is Cc1[nH]cnc1CN1CCN(C/C=C/c2ccccc2)[C@H]2CS(=O)(=O)C[C@H]21. The molecule has 7 heteroatoms. The Balaban J connectivity index is 1.47. The van der Waals surface area contributed by atoms with Crippen molar-refractivity contribution in [2.24, 2.45) is 0 Å². The maximum Gasteiger partial charge on any atom is 0.153 e. The maximum absolute atomic E-state index is 12.4. The first-order chi connectivity index (χ1) is 13.0. The number of nitrogens with one attached hydrogen (secondary N) is 1. The minimum atomic E-state index is -3.00. The van der Waals surface area contributed by atoms with Crippen molar-refractivity contribution >= 4 is 15.9 Å². The third kappa shape index (κ3) is 4.15. The van der Waals surface area contributed by atoms with Crippen LogP contribution >= 0.6 is 0 Å². The average molecular weight is 387 g/mol. The van der Waals surface area contributed by atoms with Gasteiger partial charge in [-0.1, -0.05) is 42.5 Å². The monoisotopic (exact) mass is 386 g/mol. The van der Waals surface area contributed by atoms with Crippen LogP contribution < -0.4 is 0 Å². The number of fused-ring (bicyclic) bond motifs is 1. The number of hydrogen-bond donors (Lipinski definition) is 1. The maximum atomic E-state index is 12.4. The number of sulfone groups is 1. The lowest BCUT2D eigenvalue weighted by Crippen LogP contribution is -2.58. The van der Waals surface area contributed by atoms with Crippen LogP contribution in [-0.4, -0.2) is 71.4 Å². The molecule has 4 rings (SSSR count). The van der Waals surface area contributed by atoms with Gasteiger partial charge in [0.05, 0.1) is 23.5 Å². The number of hydrogen-bond acceptors (Lipinski definition) is 5. The van der Waals surface area contributed by atoms with E-state index in [0.29, 0.717) is 6.54 Å². The van der Waals surface area contributed by atoms with Crippen molar-refractivity contribution in [3.63, 3.8) is 0 Å². The Morgan fingerprint density at radius 3 is 2.56 bits per heavy atom. The standard InChI is InChI=1S/C20H26N4O2S/c1-16-18(22-15-21-16)12-24-11-10-23(19-13-27(25,26)14-20(19)24)9-5-8-17-6-3-2-4-7-17/h2-8,15,19-20H,9-14H2,1H3,(H,21,22)/b8-5+/t19-,20+/m0/s1. The molecule has 0 aliphatic carbocycles. The predicted molar refractivity (Wildman–Crippen MR) is 107 cm³/mol. The van der Waals surface area contributed by atoms with E-state index in [1.165, 1.54) is 5.56 Å². The van der Waals surface area contributed by atoms with E-state index < -0.39 is 9.84 Å². The normalized spacial score (nSPS) is 25.8. The second kappa shape index (κ2) is 7.58. The molecular formula is C20H26N4O2S. The molecule has 27 heavy (non-hydrogen) atoms. The Morgan fingerprint density at radius 2 is 1.85 bits per heavy atom. The summed E-state index contributed by atoms with van der Waals surface area (Å²) >= 11 is 0. The number of rotatable bonds is 5. The topological polar surface area (TPSA) is 69.3 Å². The highest BCUT2D eigenvalue weighted by Crippen LogP contribution is 2.28. The van der Waals surface area contributed by atoms with Gasteiger partial charge >= 0.3 is 0 Å². The van der Waals surface area contributed by atoms with Crippen molar-refractivity contribution in [1.82, 2.24) is 19.8 Å². The zero-order valence-corrected chi connectivity index (χ0v) is 16.4. The van der Waals surface area contributed by atoms with Crippen LogP contribution in [0, 0.1) is 6.92 Å². The largest absolute Gasteiger partial charge is 0.348 e. The van der Waals surface area contributed by atoms with Crippen molar-refractivity contribution in [3.8, 4) is 0 Å². The number of aryl methyl sites for hydroxylation is 1. The van der Waals surface area contributed by atoms with E-state index >= 15 is 0 Å². The molecular weight excluding hydrogens is 360 g/mol. The lowest BCUT2D eigenvalue weighted by molar-refractivity contribution is 0.0471. The Kier molecular flexibility index (Phi) is 5.16. The molecule has 0 bridgehead atoms. The Morgan fingerprint density at radius 1 is 1.15 bits per heavy atom. The molecule has 2 saturated heterocycles. The molecule has 2 atom stereocenters. The number of nitrogens with zero attached hydrogens (tertiary/aromatic N) is 3. The summed E-state index contributed by atoms with van der Waals surface area (Å²) in [5.74, 6) is 0.507. The minimum absolute atomic E-state index is 0.0463. The number of aromatic nitrogens is 2. The van der Waals surface area contributed by atoms with Crippen LogP contribution in [0.25, 0.3) is 6.08 Å². The van der Waals surface area contributed by atoms with E-state index in [1.807, 2.05) is 25.1 Å². The Bertz CT molecular complexity index is 907. The van der Waals surface area contributed by atoms with Crippen molar-refractivity contribution in [1.29, 1.82) is 0 Å². The highest BCUT2D eigenvalue weighted by molar-refractivity contribution is 7.91. The van der Waals surface area contributed by atoms with E-state index in [0.717, 1.165) is 31.0 Å². The molecule has 2 aliphatic rings. The molecule has 2 fully saturated rings. The molecule has 0 unspecified atom stereocenters. The first kappa shape index (κ1) is 18.4. The first-order valence-electron chi connectivity index (χ1n) is 9.41. The van der Waals surface area contributed by atoms with Gasteiger partial charge in [0.1, 0.15) is 0 Å². The summed E-state index contributed by atoms with van der Waals surface area (Å²) in [6.07, 6.45) is 5.96. The number of piperazine rings is 1. The Hall–Kier alpha value is -1.96. The van der Waals surface area contributed by atoms with Gasteiger partial charge in [-0.15, -0.1) is 0 Å². The van der Waals surface area contributed by atoms with Gasteiger partial charge in [0.2, 0.25) is 0 Å². The molecule has 1 N–H and O–H groups in total. The summed E-state index contributed by atoms with van der Waals surface area (Å²) < 4.78 is 24.7. The first-order valence-corrected chi connectivity index (χ1v) is 11.2. The van der Waals surface area contributed by atoms with Crippen LogP contribution in [0.2, 0.25) is 0 Å². The summed E-state index contributed by atoms with van der Waals surface area (Å²) in [6.45, 7) is 5.23. The Labute approximate surface area is 160 Å². The summed E-state index contributed by atoms with van der Waals surface area (Å²) in [5, 5.41) is 0. The summed E-state index contributed by atoms with van der Waals surface area (Å²) in [5.41, 5.74) is 3.23. The summed E-state index contributed by atoms with van der Waals surface area (Å²) in [7, 11) is -3.00. The average Bonchev–Trinajstić information content (AvgIpc) is 3.20. The van der Waals surface area contributed by atoms with E-state index in [4.69, 9.17) is 0 Å². The van der Waals surface area contributed by atoms with Crippen molar-refractivity contribution in [3.05, 3.63) is 59.7 Å². The highest BCUT2D eigenvalue weighted by atomic mass is 32.2. The van der Waals surface area contributed by atoms with E-state index in [9.17, 15) is 8.42 Å². The van der Waals surface area contributed by atoms with Gasteiger partial charge < -0.3 is 4.98 Å². The zero-order valence-electron chi connectivity index (χ0n) is 15.6. The van der Waals surface area contributed by atoms with Gasteiger partial charge in [-0.3, -0.25) is 9.80 Å². The third-order valence-electron chi connectivity index (χ3n) is 5.64. The number of benzene rings is 1. The minimum Gasteiger partial charge on any atom is -0.348 e. The van der Waals surface area contributed by atoms with Gasteiger partial charge in [0.15, 0.2) is 9.84 Å². The lowest BCUT2D eigenvalue weighted by Gasteiger charge is -2.43. The van der Waals surface area contributed by atoms with Crippen LogP contribution in [0.1, 0.15) is 17.0 Å². The molecule has 144 valence electrons. The van der Waals surface area contributed by atoms with E-state index in [1.54, 1.807) is 6.33 Å². The highest BCUT2D eigenvalue weighted by Gasteiger charge is 2.46. The quantitative estimate of drug-likeness (QED) is 0.847. The zero-order chi connectivity index (χ0) is 18.9. The van der Waals surface area contributed by atoms with Crippen LogP contribution in [0.15, 0.2) is 42.7 Å². The van der Waals surface area contributed by atoms with E-state index in [2.05, 4.69) is 44.1 Å². The second-order valence-corrected chi connectivity index (χ2v) is 9.62. The number of H-pyrrole nitrogens is 1. The molecule has 0 saturated carbocycles. The van der Waals surface area contributed by atoms with Gasteiger partial charge in [-0.05, 0) is 12.5 Å². The molecule has 3 heterocycles. The van der Waals surface area contributed by atoms with Crippen LogP contribution in [0.3, 0.4) is 0 Å². The predicted octanol–water partition coefficient (Wildman–Crippen LogP) is 1.71. The number of aromatic amines is 1. The van der Waals surface area contributed by atoms with Crippen LogP contribution in [0.4, 0.5) is 0 Å². The molecule has 1 aromatic heterocycles. The molecule has 2 aliphatic heterocycles. The van der Waals surface area contributed by atoms with Gasteiger partial charge in [-0.2, -0.15) is 0 Å². The molecule has 0 radical (unpaired) electrons. The molecule has 6 nitrogen and oxygen atoms in total. The van der Waals surface area contributed by atoms with Crippen LogP contribution in [-0.2, 0) is 16.4 Å². The van der Waals surface area contributed by atoms with Gasteiger partial charge in [0, 0.05) is 44.0 Å². The number of imidazole rings is 1. The molecule has 0 spiro atoms. The fraction of sp³-hybridized carbons (Fsp3) is 0.450. The fourth-order valence-electron chi connectivity index (χ4n) is 4.15. The van der Waals surface area contributed by atoms with Crippen LogP contribution in [0.5, 0.6) is 0 Å². The van der Waals surface area contributed by atoms with Gasteiger partial charge in [0.25, 0.3) is 0 Å². The summed E-state index contributed by atoms with van der Waals surface area (Å²) in [4.78, 5) is 12.1. The summed E-state index contributed by atoms with van der Waals surface area (Å²) in [6, 6.07) is 10.3. The fourth-order valence-corrected chi connectivity index (χ4v) is 6.19. The molecule has 0 amide bonds. The van der Waals surface area contributed by atoms with Crippen molar-refractivity contribution in [2.75, 3.05) is 31.1 Å². The second-order valence-electron chi connectivity index (χ2n) is 7.46. The smallest absolute Gasteiger partial charge is 0.153 e. The third-order valence-corrected chi connectivity index (χ3v) is 7.34. The van der Waals surface area contributed by atoms with E-state index in [-0.39, 0.29) is 23.6 Å². The molecule has 1 aromatic carbocycles. The van der Waals surface area contributed by atoms with Gasteiger partial charge in [-0.25, -0.2) is 13.4 Å². The van der Waals surface area contributed by atoms with Crippen molar-refractivity contribution in [2.45, 2.75) is 25.6 Å².